The third-order valence-corrected chi connectivity index (χ3v) is 3.72. The van der Waals surface area contributed by atoms with E-state index in [1.54, 1.807) is 0 Å². The molecule has 1 aromatic heterocycles. The maximum absolute atomic E-state index is 11.2. The second kappa shape index (κ2) is 3.94. The summed E-state index contributed by atoms with van der Waals surface area (Å²) in [6.45, 7) is 0.898. The largest absolute Gasteiger partial charge is 0.395 e. The Labute approximate surface area is 103 Å². The molecule has 18 heavy (non-hydrogen) atoms. The minimum atomic E-state index is -0.366. The molecule has 1 fully saturated rings. The normalized spacial score (nSPS) is 19.7. The highest BCUT2D eigenvalue weighted by atomic mass is 16.5. The Hall–Kier alpha value is -1.63. The van der Waals surface area contributed by atoms with Crippen LogP contribution in [0, 0.1) is 0 Å². The van der Waals surface area contributed by atoms with Crippen molar-refractivity contribution in [3.05, 3.63) is 34.2 Å². The van der Waals surface area contributed by atoms with Crippen LogP contribution < -0.4 is 11.4 Å². The van der Waals surface area contributed by atoms with Gasteiger partial charge < -0.3 is 25.5 Å². The standard InChI is InChI=1S/C12H15N3O3/c13-10(4-16)12(5-18-6-12)7-1-2-8-9(3-7)15-11(17)14-8/h1-3,10,16H,4-6,13H2,(H2,14,15,17). The number of imidazole rings is 1. The van der Waals surface area contributed by atoms with Gasteiger partial charge in [0, 0.05) is 6.04 Å². The predicted octanol–water partition coefficient (Wildman–Crippen LogP) is -0.556. The number of aliphatic hydroxyl groups is 1. The van der Waals surface area contributed by atoms with E-state index in [0.29, 0.717) is 13.2 Å². The van der Waals surface area contributed by atoms with Crippen molar-refractivity contribution >= 4 is 11.0 Å². The van der Waals surface area contributed by atoms with E-state index in [2.05, 4.69) is 9.97 Å². The maximum atomic E-state index is 11.2. The van der Waals surface area contributed by atoms with Crippen LogP contribution >= 0.6 is 0 Å². The van der Waals surface area contributed by atoms with Crippen molar-refractivity contribution in [3.8, 4) is 0 Å². The Morgan fingerprint density at radius 1 is 1.39 bits per heavy atom. The Morgan fingerprint density at radius 2 is 2.11 bits per heavy atom. The average Bonchev–Trinajstić information content (AvgIpc) is 2.66. The van der Waals surface area contributed by atoms with Gasteiger partial charge in [0.25, 0.3) is 0 Å². The highest BCUT2D eigenvalue weighted by Crippen LogP contribution is 2.35. The number of nitrogens with one attached hydrogen (secondary N) is 2. The molecule has 0 radical (unpaired) electrons. The minimum absolute atomic E-state index is 0.0922. The van der Waals surface area contributed by atoms with Crippen molar-refractivity contribution in [2.45, 2.75) is 11.5 Å². The van der Waals surface area contributed by atoms with Crippen LogP contribution in [0.3, 0.4) is 0 Å². The van der Waals surface area contributed by atoms with E-state index in [0.717, 1.165) is 16.6 Å². The van der Waals surface area contributed by atoms with Crippen LogP contribution in [0.4, 0.5) is 0 Å². The summed E-state index contributed by atoms with van der Waals surface area (Å²) in [7, 11) is 0. The summed E-state index contributed by atoms with van der Waals surface area (Å²) in [5, 5.41) is 9.27. The third-order valence-electron chi connectivity index (χ3n) is 3.72. The molecule has 6 heteroatoms. The molecule has 1 aromatic carbocycles. The van der Waals surface area contributed by atoms with Gasteiger partial charge in [0.1, 0.15) is 0 Å². The molecule has 3 rings (SSSR count). The van der Waals surface area contributed by atoms with Crippen molar-refractivity contribution in [1.29, 1.82) is 0 Å². The summed E-state index contributed by atoms with van der Waals surface area (Å²) in [5.41, 5.74) is 7.90. The Kier molecular flexibility index (Phi) is 2.51. The monoisotopic (exact) mass is 249 g/mol. The first kappa shape index (κ1) is 11.5. The van der Waals surface area contributed by atoms with E-state index in [1.807, 2.05) is 18.2 Å². The van der Waals surface area contributed by atoms with Crippen LogP contribution in [0.2, 0.25) is 0 Å². The lowest BCUT2D eigenvalue weighted by Crippen LogP contribution is -2.60. The smallest absolute Gasteiger partial charge is 0.323 e. The van der Waals surface area contributed by atoms with Gasteiger partial charge in [0.2, 0.25) is 0 Å². The molecule has 0 spiro atoms. The maximum Gasteiger partial charge on any atom is 0.323 e. The molecule has 0 amide bonds. The van der Waals surface area contributed by atoms with Gasteiger partial charge in [-0.1, -0.05) is 6.07 Å². The van der Waals surface area contributed by atoms with Gasteiger partial charge in [-0.15, -0.1) is 0 Å². The molecule has 1 aliphatic heterocycles. The van der Waals surface area contributed by atoms with E-state index in [9.17, 15) is 9.90 Å². The fraction of sp³-hybridized carbons (Fsp3) is 0.417. The molecule has 1 aliphatic rings. The number of ether oxygens (including phenoxy) is 1. The fourth-order valence-electron chi connectivity index (χ4n) is 2.43. The van der Waals surface area contributed by atoms with E-state index < -0.39 is 0 Å². The van der Waals surface area contributed by atoms with Crippen LogP contribution in [0.25, 0.3) is 11.0 Å². The lowest BCUT2D eigenvalue weighted by molar-refractivity contribution is -0.0797. The average molecular weight is 249 g/mol. The summed E-state index contributed by atoms with van der Waals surface area (Å²) in [6.07, 6.45) is 0. The first-order chi connectivity index (χ1) is 8.65. The van der Waals surface area contributed by atoms with Gasteiger partial charge in [-0.05, 0) is 17.7 Å². The molecular formula is C12H15N3O3. The molecule has 1 saturated heterocycles. The van der Waals surface area contributed by atoms with Crippen LogP contribution in [-0.4, -0.2) is 40.9 Å². The molecule has 2 heterocycles. The molecule has 96 valence electrons. The number of hydrogen-bond donors (Lipinski definition) is 4. The van der Waals surface area contributed by atoms with Crippen molar-refractivity contribution < 1.29 is 9.84 Å². The Balaban J connectivity index is 2.09. The lowest BCUT2D eigenvalue weighted by Gasteiger charge is -2.45. The summed E-state index contributed by atoms with van der Waals surface area (Å²) < 4.78 is 5.26. The van der Waals surface area contributed by atoms with Crippen LogP contribution in [0.15, 0.2) is 23.0 Å². The van der Waals surface area contributed by atoms with Crippen molar-refractivity contribution in [3.63, 3.8) is 0 Å². The molecule has 0 saturated carbocycles. The zero-order valence-electron chi connectivity index (χ0n) is 9.77. The Morgan fingerprint density at radius 3 is 2.72 bits per heavy atom. The predicted molar refractivity (Wildman–Crippen MR) is 66.5 cm³/mol. The highest BCUT2D eigenvalue weighted by Gasteiger charge is 2.45. The second-order valence-corrected chi connectivity index (χ2v) is 4.78. The highest BCUT2D eigenvalue weighted by molar-refractivity contribution is 5.75. The molecule has 1 unspecified atom stereocenters. The quantitative estimate of drug-likeness (QED) is 0.585. The van der Waals surface area contributed by atoms with Crippen LogP contribution in [0.5, 0.6) is 0 Å². The summed E-state index contributed by atoms with van der Waals surface area (Å²) in [4.78, 5) is 16.6. The first-order valence-corrected chi connectivity index (χ1v) is 5.82. The van der Waals surface area contributed by atoms with E-state index in [1.165, 1.54) is 0 Å². The number of benzene rings is 1. The van der Waals surface area contributed by atoms with Gasteiger partial charge in [0.05, 0.1) is 36.3 Å². The molecule has 6 nitrogen and oxygen atoms in total. The van der Waals surface area contributed by atoms with Crippen molar-refractivity contribution in [2.75, 3.05) is 19.8 Å². The minimum Gasteiger partial charge on any atom is -0.395 e. The van der Waals surface area contributed by atoms with Gasteiger partial charge >= 0.3 is 5.69 Å². The molecule has 0 aliphatic carbocycles. The van der Waals surface area contributed by atoms with Gasteiger partial charge in [-0.25, -0.2) is 4.79 Å². The lowest BCUT2D eigenvalue weighted by atomic mass is 9.73. The van der Waals surface area contributed by atoms with E-state index in [4.69, 9.17) is 10.5 Å². The summed E-state index contributed by atoms with van der Waals surface area (Å²) in [6, 6.07) is 5.29. The number of nitrogens with two attached hydrogens (primary N) is 1. The molecule has 1 atom stereocenters. The fourth-order valence-corrected chi connectivity index (χ4v) is 2.43. The van der Waals surface area contributed by atoms with Crippen molar-refractivity contribution in [1.82, 2.24) is 9.97 Å². The number of aliphatic hydroxyl groups excluding tert-OH is 1. The van der Waals surface area contributed by atoms with Crippen LogP contribution in [0.1, 0.15) is 5.56 Å². The van der Waals surface area contributed by atoms with Gasteiger partial charge in [-0.3, -0.25) is 0 Å². The number of rotatable bonds is 3. The number of fused-ring (bicyclic) bond motifs is 1. The molecule has 0 bridgehead atoms. The number of H-pyrrole nitrogens is 2. The zero-order valence-corrected chi connectivity index (χ0v) is 9.77. The molecule has 2 aromatic rings. The van der Waals surface area contributed by atoms with Gasteiger partial charge in [-0.2, -0.15) is 0 Å². The summed E-state index contributed by atoms with van der Waals surface area (Å²) >= 11 is 0. The number of hydrogen-bond acceptors (Lipinski definition) is 4. The summed E-state index contributed by atoms with van der Waals surface area (Å²) in [5.74, 6) is 0. The van der Waals surface area contributed by atoms with E-state index in [-0.39, 0.29) is 23.8 Å². The molecule has 5 N–H and O–H groups in total. The van der Waals surface area contributed by atoms with Gasteiger partial charge in [0.15, 0.2) is 0 Å². The van der Waals surface area contributed by atoms with Crippen molar-refractivity contribution in [2.24, 2.45) is 5.73 Å². The number of aromatic nitrogens is 2. The van der Waals surface area contributed by atoms with Crippen LogP contribution in [-0.2, 0) is 10.2 Å². The third kappa shape index (κ3) is 1.50. The SMILES string of the molecule is NC(CO)C1(c2ccc3[nH]c(=O)[nH]c3c2)COC1. The Bertz CT molecular complexity index is 627. The number of aromatic amines is 2. The molecular weight excluding hydrogens is 234 g/mol. The topological polar surface area (TPSA) is 104 Å². The second-order valence-electron chi connectivity index (χ2n) is 4.78. The van der Waals surface area contributed by atoms with E-state index >= 15 is 0 Å². The zero-order chi connectivity index (χ0) is 12.8. The first-order valence-electron chi connectivity index (χ1n) is 5.82.